The summed E-state index contributed by atoms with van der Waals surface area (Å²) in [5, 5.41) is 0. The Hall–Kier alpha value is -1.26. The van der Waals surface area contributed by atoms with Crippen LogP contribution in [0, 0.1) is 10.8 Å². The lowest BCUT2D eigenvalue weighted by atomic mass is 9.88. The molecule has 1 rings (SSSR count). The molecule has 1 saturated heterocycles. The number of amides is 2. The molecule has 0 atom stereocenters. The number of hydrogen-bond donors (Lipinski definition) is 0. The Labute approximate surface area is 212 Å². The van der Waals surface area contributed by atoms with Gasteiger partial charge in [-0.2, -0.15) is 0 Å². The maximum atomic E-state index is 13.0. The smallest absolute Gasteiger partial charge is 0.228 e. The minimum atomic E-state index is -0.422. The Kier molecular flexibility index (Phi) is 15.6. The average molecular weight is 503 g/mol. The number of hydrogen-bond acceptors (Lipinski definition) is 7. The molecule has 0 aromatic carbocycles. The normalized spacial score (nSPS) is 20.2. The molecule has 206 valence electrons. The lowest BCUT2D eigenvalue weighted by Crippen LogP contribution is -2.44. The van der Waals surface area contributed by atoms with E-state index in [4.69, 9.17) is 23.7 Å². The largest absolute Gasteiger partial charge is 0.377 e. The first-order chi connectivity index (χ1) is 16.7. The van der Waals surface area contributed by atoms with Crippen molar-refractivity contribution >= 4 is 11.8 Å². The summed E-state index contributed by atoms with van der Waals surface area (Å²) in [5.74, 6) is 0.213. The number of carbonyl (C=O) groups excluding carboxylic acids is 2. The van der Waals surface area contributed by atoms with E-state index < -0.39 is 10.8 Å². The molecule has 9 nitrogen and oxygen atoms in total. The van der Waals surface area contributed by atoms with Crippen molar-refractivity contribution < 1.29 is 33.3 Å². The van der Waals surface area contributed by atoms with E-state index in [1.54, 1.807) is 0 Å². The molecule has 2 amide bonds. The van der Waals surface area contributed by atoms with E-state index in [0.717, 1.165) is 12.8 Å². The number of rotatable bonds is 4. The van der Waals surface area contributed by atoms with Crippen LogP contribution in [-0.4, -0.2) is 114 Å². The second kappa shape index (κ2) is 17.2. The zero-order valence-corrected chi connectivity index (χ0v) is 23.1. The number of ether oxygens (including phenoxy) is 5. The van der Waals surface area contributed by atoms with Crippen LogP contribution < -0.4 is 0 Å². The second-order valence-electron chi connectivity index (χ2n) is 10.1. The fourth-order valence-electron chi connectivity index (χ4n) is 3.35. The van der Waals surface area contributed by atoms with Gasteiger partial charge in [0.05, 0.1) is 66.1 Å². The molecule has 1 fully saturated rings. The lowest BCUT2D eigenvalue weighted by Gasteiger charge is -2.31. The van der Waals surface area contributed by atoms with Crippen LogP contribution in [0.5, 0.6) is 0 Å². The van der Waals surface area contributed by atoms with Crippen LogP contribution in [0.3, 0.4) is 0 Å². The Morgan fingerprint density at radius 2 is 0.743 bits per heavy atom. The van der Waals surface area contributed by atoms with Crippen molar-refractivity contribution in [2.45, 2.75) is 54.4 Å². The van der Waals surface area contributed by atoms with Crippen LogP contribution in [0.1, 0.15) is 54.4 Å². The summed E-state index contributed by atoms with van der Waals surface area (Å²) in [6.45, 7) is 18.5. The molecule has 0 N–H and O–H groups in total. The molecule has 0 unspecified atom stereocenters. The minimum absolute atomic E-state index is 0.106. The van der Waals surface area contributed by atoms with Crippen LogP contribution in [-0.2, 0) is 33.3 Å². The highest BCUT2D eigenvalue weighted by Gasteiger charge is 2.31. The molecule has 0 aliphatic carbocycles. The Bertz CT molecular complexity index is 548. The van der Waals surface area contributed by atoms with Crippen molar-refractivity contribution in [3.8, 4) is 0 Å². The Morgan fingerprint density at radius 3 is 0.971 bits per heavy atom. The first-order valence-electron chi connectivity index (χ1n) is 13.1. The first kappa shape index (κ1) is 31.8. The van der Waals surface area contributed by atoms with E-state index in [-0.39, 0.29) is 11.8 Å². The standard InChI is InChI=1S/C26H50N2O7/c1-7-25(3,4)23(29)27-9-13-31-17-18-32-14-10-28(24(30)26(5,6)8-2)12-16-34-20-22-35-21-19-33-15-11-27/h7-22H2,1-6H3. The van der Waals surface area contributed by atoms with Gasteiger partial charge < -0.3 is 33.5 Å². The summed E-state index contributed by atoms with van der Waals surface area (Å²) in [5.41, 5.74) is -0.845. The zero-order chi connectivity index (χ0) is 26.2. The molecule has 1 aliphatic rings. The van der Waals surface area contributed by atoms with E-state index in [2.05, 4.69) is 0 Å². The van der Waals surface area contributed by atoms with E-state index in [1.165, 1.54) is 0 Å². The summed E-state index contributed by atoms with van der Waals surface area (Å²) >= 11 is 0. The monoisotopic (exact) mass is 502 g/mol. The van der Waals surface area contributed by atoms with Gasteiger partial charge in [0, 0.05) is 37.0 Å². The van der Waals surface area contributed by atoms with Crippen molar-refractivity contribution in [1.29, 1.82) is 0 Å². The van der Waals surface area contributed by atoms with Gasteiger partial charge in [0.15, 0.2) is 0 Å². The van der Waals surface area contributed by atoms with Crippen molar-refractivity contribution in [3.05, 3.63) is 0 Å². The fourth-order valence-corrected chi connectivity index (χ4v) is 3.35. The Balaban J connectivity index is 2.65. The molecular formula is C26H50N2O7. The summed E-state index contributed by atoms with van der Waals surface area (Å²) in [6, 6.07) is 0. The van der Waals surface area contributed by atoms with Crippen LogP contribution in [0.25, 0.3) is 0 Å². The lowest BCUT2D eigenvalue weighted by molar-refractivity contribution is -0.143. The highest BCUT2D eigenvalue weighted by Crippen LogP contribution is 2.23. The van der Waals surface area contributed by atoms with Gasteiger partial charge in [-0.05, 0) is 12.8 Å². The van der Waals surface area contributed by atoms with E-state index in [1.807, 2.05) is 51.3 Å². The predicted octanol–water partition coefficient (Wildman–Crippen LogP) is 2.61. The first-order valence-corrected chi connectivity index (χ1v) is 13.1. The van der Waals surface area contributed by atoms with Crippen molar-refractivity contribution in [1.82, 2.24) is 9.80 Å². The molecule has 9 heteroatoms. The van der Waals surface area contributed by atoms with Gasteiger partial charge in [0.1, 0.15) is 0 Å². The fraction of sp³-hybridized carbons (Fsp3) is 0.923. The molecule has 1 heterocycles. The van der Waals surface area contributed by atoms with Gasteiger partial charge in [-0.25, -0.2) is 0 Å². The third-order valence-electron chi connectivity index (χ3n) is 6.64. The van der Waals surface area contributed by atoms with E-state index in [0.29, 0.717) is 92.2 Å². The predicted molar refractivity (Wildman–Crippen MR) is 135 cm³/mol. The maximum Gasteiger partial charge on any atom is 0.228 e. The minimum Gasteiger partial charge on any atom is -0.377 e. The summed E-state index contributed by atoms with van der Waals surface area (Å²) in [4.78, 5) is 29.6. The Morgan fingerprint density at radius 1 is 0.514 bits per heavy atom. The van der Waals surface area contributed by atoms with Crippen LogP contribution in [0.4, 0.5) is 0 Å². The van der Waals surface area contributed by atoms with Gasteiger partial charge in [-0.3, -0.25) is 9.59 Å². The van der Waals surface area contributed by atoms with Gasteiger partial charge in [0.25, 0.3) is 0 Å². The zero-order valence-electron chi connectivity index (χ0n) is 23.1. The van der Waals surface area contributed by atoms with Crippen LogP contribution in [0.15, 0.2) is 0 Å². The van der Waals surface area contributed by atoms with Gasteiger partial charge in [-0.15, -0.1) is 0 Å². The SMILES string of the molecule is CCC(C)(C)C(=O)N1CCOCCOCCOCCN(C(=O)C(C)(C)CC)CCOCCOCC1. The highest BCUT2D eigenvalue weighted by atomic mass is 16.5. The molecule has 0 aromatic heterocycles. The highest BCUT2D eigenvalue weighted by molar-refractivity contribution is 5.82. The van der Waals surface area contributed by atoms with E-state index >= 15 is 0 Å². The van der Waals surface area contributed by atoms with Crippen molar-refractivity contribution in [3.63, 3.8) is 0 Å². The summed E-state index contributed by atoms with van der Waals surface area (Å²) < 4.78 is 28.4. The molecule has 0 spiro atoms. The number of carbonyl (C=O) groups is 2. The number of nitrogens with zero attached hydrogens (tertiary/aromatic N) is 2. The molecule has 0 radical (unpaired) electrons. The molecule has 1 aliphatic heterocycles. The van der Waals surface area contributed by atoms with Crippen LogP contribution in [0.2, 0.25) is 0 Å². The quantitative estimate of drug-likeness (QED) is 0.584. The molecule has 0 bridgehead atoms. The summed E-state index contributed by atoms with van der Waals surface area (Å²) in [6.07, 6.45) is 1.53. The van der Waals surface area contributed by atoms with E-state index in [9.17, 15) is 9.59 Å². The molecule has 35 heavy (non-hydrogen) atoms. The summed E-state index contributed by atoms with van der Waals surface area (Å²) in [7, 11) is 0. The topological polar surface area (TPSA) is 86.8 Å². The van der Waals surface area contributed by atoms with Gasteiger partial charge in [0.2, 0.25) is 11.8 Å². The maximum absolute atomic E-state index is 13.0. The molecule has 0 saturated carbocycles. The third kappa shape index (κ3) is 12.5. The van der Waals surface area contributed by atoms with Crippen molar-refractivity contribution in [2.75, 3.05) is 92.2 Å². The second-order valence-corrected chi connectivity index (χ2v) is 10.1. The average Bonchev–Trinajstić information content (AvgIpc) is 2.84. The van der Waals surface area contributed by atoms with Crippen molar-refractivity contribution in [2.24, 2.45) is 10.8 Å². The van der Waals surface area contributed by atoms with Gasteiger partial charge in [-0.1, -0.05) is 41.5 Å². The third-order valence-corrected chi connectivity index (χ3v) is 6.64. The molecule has 0 aromatic rings. The molecular weight excluding hydrogens is 452 g/mol. The van der Waals surface area contributed by atoms with Gasteiger partial charge >= 0.3 is 0 Å². The van der Waals surface area contributed by atoms with Crippen LogP contribution >= 0.6 is 0 Å².